The van der Waals surface area contributed by atoms with Crippen LogP contribution in [0.1, 0.15) is 47.6 Å². The van der Waals surface area contributed by atoms with Crippen molar-refractivity contribution in [3.05, 3.63) is 75.7 Å². The number of aryl methyl sites for hydroxylation is 2. The van der Waals surface area contributed by atoms with E-state index in [0.29, 0.717) is 11.8 Å². The maximum Gasteiger partial charge on any atom is 0.261 e. The van der Waals surface area contributed by atoms with Gasteiger partial charge in [0.25, 0.3) is 5.56 Å². The second kappa shape index (κ2) is 7.98. The van der Waals surface area contributed by atoms with Crippen LogP contribution in [-0.4, -0.2) is 35.5 Å². The molecule has 1 fully saturated rings. The highest BCUT2D eigenvalue weighted by Gasteiger charge is 2.28. The molecule has 7 heteroatoms. The lowest BCUT2D eigenvalue weighted by molar-refractivity contribution is 0.134. The van der Waals surface area contributed by atoms with Crippen LogP contribution in [0.2, 0.25) is 0 Å². The number of rotatable bonds is 4. The van der Waals surface area contributed by atoms with Gasteiger partial charge in [0.1, 0.15) is 0 Å². The molecule has 7 nitrogen and oxygen atoms in total. The first kappa shape index (κ1) is 20.6. The van der Waals surface area contributed by atoms with E-state index < -0.39 is 6.10 Å². The Morgan fingerprint density at radius 2 is 1.97 bits per heavy atom. The van der Waals surface area contributed by atoms with Crippen LogP contribution in [0.4, 0.5) is 0 Å². The third-order valence-corrected chi connectivity index (χ3v) is 6.77. The molecular weight excluding hydrogens is 402 g/mol. The summed E-state index contributed by atoms with van der Waals surface area (Å²) >= 11 is 0. The zero-order valence-electron chi connectivity index (χ0n) is 18.6. The van der Waals surface area contributed by atoms with Gasteiger partial charge in [0.2, 0.25) is 0 Å². The predicted molar refractivity (Wildman–Crippen MR) is 124 cm³/mol. The fourth-order valence-corrected chi connectivity index (χ4v) is 4.75. The van der Waals surface area contributed by atoms with Crippen LogP contribution < -0.4 is 5.56 Å². The normalized spacial score (nSPS) is 18.5. The highest BCUT2D eigenvalue weighted by Crippen LogP contribution is 2.30. The summed E-state index contributed by atoms with van der Waals surface area (Å²) in [6.07, 6.45) is 9.91. The summed E-state index contributed by atoms with van der Waals surface area (Å²) in [7, 11) is 1.89. The number of aliphatic hydroxyl groups excluding tert-OH is 1. The van der Waals surface area contributed by atoms with Gasteiger partial charge in [-0.3, -0.25) is 19.0 Å². The van der Waals surface area contributed by atoms with Crippen LogP contribution >= 0.6 is 0 Å². The Bertz CT molecular complexity index is 1350. The van der Waals surface area contributed by atoms with Gasteiger partial charge in [0.15, 0.2) is 0 Å². The topological polar surface area (TPSA) is 85.8 Å². The van der Waals surface area contributed by atoms with E-state index in [-0.39, 0.29) is 11.6 Å². The predicted octanol–water partition coefficient (Wildman–Crippen LogP) is 3.49. The second-order valence-corrected chi connectivity index (χ2v) is 8.84. The summed E-state index contributed by atoms with van der Waals surface area (Å²) in [5.41, 5.74) is 6.87. The minimum atomic E-state index is -0.484. The molecule has 3 aromatic heterocycles. The van der Waals surface area contributed by atoms with E-state index in [1.807, 2.05) is 38.5 Å². The first-order chi connectivity index (χ1) is 15.4. The first-order valence-electron chi connectivity index (χ1n) is 11.0. The summed E-state index contributed by atoms with van der Waals surface area (Å²) in [5, 5.41) is 15.1. The number of aliphatic hydroxyl groups is 1. The second-order valence-electron chi connectivity index (χ2n) is 8.84. The Kier molecular flexibility index (Phi) is 5.13. The van der Waals surface area contributed by atoms with E-state index in [4.69, 9.17) is 0 Å². The van der Waals surface area contributed by atoms with E-state index in [1.54, 1.807) is 21.8 Å². The number of hydrogen-bond acceptors (Lipinski definition) is 5. The summed E-state index contributed by atoms with van der Waals surface area (Å²) in [6.45, 7) is 4.10. The van der Waals surface area contributed by atoms with Crippen molar-refractivity contribution in [3.8, 4) is 11.3 Å². The molecule has 4 aromatic rings. The van der Waals surface area contributed by atoms with E-state index >= 15 is 0 Å². The minimum Gasteiger partial charge on any atom is -0.391 e. The van der Waals surface area contributed by atoms with Gasteiger partial charge in [-0.25, -0.2) is 4.98 Å². The molecule has 32 heavy (non-hydrogen) atoms. The minimum absolute atomic E-state index is 0.0737. The Hall–Kier alpha value is -3.32. The molecule has 0 saturated heterocycles. The SMILES string of the molecule is Cc1c(Cc2ccc(-c3cnn(C)c3)nc2)cc2c(=O)n([C@@H]3CCC[C@H]3O)cnc2c1C. The molecule has 1 saturated carbocycles. The number of fused-ring (bicyclic) bond motifs is 1. The van der Waals surface area contributed by atoms with E-state index in [0.717, 1.165) is 58.3 Å². The maximum absolute atomic E-state index is 13.3. The van der Waals surface area contributed by atoms with Crippen molar-refractivity contribution in [1.29, 1.82) is 0 Å². The molecule has 1 aromatic carbocycles. The summed E-state index contributed by atoms with van der Waals surface area (Å²) in [6, 6.07) is 5.87. The molecule has 0 radical (unpaired) electrons. The number of hydrogen-bond donors (Lipinski definition) is 1. The van der Waals surface area contributed by atoms with Gasteiger partial charge in [-0.05, 0) is 73.9 Å². The molecule has 1 aliphatic carbocycles. The third kappa shape index (κ3) is 3.52. The van der Waals surface area contributed by atoms with E-state index in [2.05, 4.69) is 28.1 Å². The van der Waals surface area contributed by atoms with Crippen molar-refractivity contribution < 1.29 is 5.11 Å². The summed E-state index contributed by atoms with van der Waals surface area (Å²) in [5.74, 6) is 0. The molecule has 5 rings (SSSR count). The monoisotopic (exact) mass is 429 g/mol. The first-order valence-corrected chi connectivity index (χ1v) is 11.0. The third-order valence-electron chi connectivity index (χ3n) is 6.77. The lowest BCUT2D eigenvalue weighted by Crippen LogP contribution is -2.29. The van der Waals surface area contributed by atoms with Crippen molar-refractivity contribution >= 4 is 10.9 Å². The Morgan fingerprint density at radius 3 is 2.62 bits per heavy atom. The largest absolute Gasteiger partial charge is 0.391 e. The Balaban J connectivity index is 1.51. The number of pyridine rings is 1. The average molecular weight is 430 g/mol. The number of benzene rings is 1. The molecule has 0 bridgehead atoms. The van der Waals surface area contributed by atoms with Gasteiger partial charge < -0.3 is 5.11 Å². The van der Waals surface area contributed by atoms with Gasteiger partial charge in [-0.2, -0.15) is 5.10 Å². The molecule has 0 unspecified atom stereocenters. The molecule has 2 atom stereocenters. The maximum atomic E-state index is 13.3. The van der Waals surface area contributed by atoms with Gasteiger partial charge in [-0.15, -0.1) is 0 Å². The highest BCUT2D eigenvalue weighted by atomic mass is 16.3. The van der Waals surface area contributed by atoms with Crippen LogP contribution in [0.3, 0.4) is 0 Å². The van der Waals surface area contributed by atoms with E-state index in [1.165, 1.54) is 0 Å². The van der Waals surface area contributed by atoms with E-state index in [9.17, 15) is 9.90 Å². The van der Waals surface area contributed by atoms with Crippen molar-refractivity contribution in [2.24, 2.45) is 7.05 Å². The quantitative estimate of drug-likeness (QED) is 0.537. The fraction of sp³-hybridized carbons (Fsp3) is 0.360. The summed E-state index contributed by atoms with van der Waals surface area (Å²) in [4.78, 5) is 22.5. The van der Waals surface area contributed by atoms with Crippen molar-refractivity contribution in [2.75, 3.05) is 0 Å². The smallest absolute Gasteiger partial charge is 0.261 e. The lowest BCUT2D eigenvalue weighted by Gasteiger charge is -2.19. The van der Waals surface area contributed by atoms with Crippen LogP contribution in [0.5, 0.6) is 0 Å². The van der Waals surface area contributed by atoms with Crippen LogP contribution in [0.15, 0.2) is 47.9 Å². The average Bonchev–Trinajstić information content (AvgIpc) is 3.41. The Morgan fingerprint density at radius 1 is 1.12 bits per heavy atom. The highest BCUT2D eigenvalue weighted by molar-refractivity contribution is 5.83. The molecule has 0 spiro atoms. The van der Waals surface area contributed by atoms with Crippen molar-refractivity contribution in [2.45, 2.75) is 51.7 Å². The number of nitrogens with zero attached hydrogens (tertiary/aromatic N) is 5. The molecular formula is C25H27N5O2. The molecule has 1 N–H and O–H groups in total. The molecule has 0 amide bonds. The van der Waals surface area contributed by atoms with Gasteiger partial charge in [0, 0.05) is 25.0 Å². The fourth-order valence-electron chi connectivity index (χ4n) is 4.75. The van der Waals surface area contributed by atoms with Crippen molar-refractivity contribution in [3.63, 3.8) is 0 Å². The van der Waals surface area contributed by atoms with Crippen molar-refractivity contribution in [1.82, 2.24) is 24.3 Å². The zero-order valence-corrected chi connectivity index (χ0v) is 18.6. The molecule has 1 aliphatic rings. The Labute approximate surface area is 186 Å². The summed E-state index contributed by atoms with van der Waals surface area (Å²) < 4.78 is 3.39. The van der Waals surface area contributed by atoms with Crippen LogP contribution in [-0.2, 0) is 13.5 Å². The van der Waals surface area contributed by atoms with Gasteiger partial charge in [-0.1, -0.05) is 6.07 Å². The molecule has 3 heterocycles. The molecule has 0 aliphatic heterocycles. The van der Waals surface area contributed by atoms with Gasteiger partial charge >= 0.3 is 0 Å². The van der Waals surface area contributed by atoms with Gasteiger partial charge in [0.05, 0.1) is 41.3 Å². The standard InChI is InChI=1S/C25H27N5O2/c1-15-16(2)24-20(25(32)30(14-27-24)22-5-4-6-23(22)31)10-18(15)9-17-7-8-21(26-11-17)19-12-28-29(3)13-19/h7-8,10-14,22-23,31H,4-6,9H2,1-3H3/t22-,23-/m1/s1. The van der Waals surface area contributed by atoms with Crippen LogP contribution in [0.25, 0.3) is 22.2 Å². The van der Waals surface area contributed by atoms with Crippen LogP contribution in [0, 0.1) is 13.8 Å². The number of aromatic nitrogens is 5. The molecule has 164 valence electrons. The lowest BCUT2D eigenvalue weighted by atomic mass is 9.95. The zero-order chi connectivity index (χ0) is 22.4.